The van der Waals surface area contributed by atoms with Gasteiger partial charge in [0.05, 0.1) is 31.5 Å². The van der Waals surface area contributed by atoms with Gasteiger partial charge in [0, 0.05) is 12.3 Å². The minimum absolute atomic E-state index is 0.0657. The molecule has 4 aliphatic heterocycles. The fraction of sp³-hybridized carbons (Fsp3) is 0.949. The third-order valence-electron chi connectivity index (χ3n) is 15.6. The zero-order valence-electron chi connectivity index (χ0n) is 30.9. The number of hydrogen-bond acceptors (Lipinski definition) is 12. The van der Waals surface area contributed by atoms with Gasteiger partial charge in [-0.2, -0.15) is 0 Å². The van der Waals surface area contributed by atoms with Crippen LogP contribution >= 0.6 is 0 Å². The molecule has 8 rings (SSSR count). The van der Waals surface area contributed by atoms with E-state index in [1.165, 1.54) is 31.8 Å². The molecule has 290 valence electrons. The van der Waals surface area contributed by atoms with E-state index >= 15 is 0 Å². The van der Waals surface area contributed by atoms with Crippen LogP contribution in [0.4, 0.5) is 0 Å². The van der Waals surface area contributed by atoms with Crippen LogP contribution in [0.5, 0.6) is 0 Å². The van der Waals surface area contributed by atoms with Crippen LogP contribution in [0.3, 0.4) is 0 Å². The molecule has 7 fully saturated rings. The summed E-state index contributed by atoms with van der Waals surface area (Å²) in [7, 11) is 0. The van der Waals surface area contributed by atoms with Crippen molar-refractivity contribution in [1.82, 2.24) is 0 Å². The molecule has 0 bridgehead atoms. The van der Waals surface area contributed by atoms with Crippen molar-refractivity contribution in [3.05, 3.63) is 11.6 Å². The number of ether oxygens (including phenoxy) is 6. The molecule has 1 spiro atoms. The van der Waals surface area contributed by atoms with Crippen LogP contribution in [-0.4, -0.2) is 123 Å². The van der Waals surface area contributed by atoms with Crippen molar-refractivity contribution in [2.45, 2.75) is 172 Å². The van der Waals surface area contributed by atoms with Crippen molar-refractivity contribution in [2.24, 2.45) is 46.3 Å². The van der Waals surface area contributed by atoms with Crippen molar-refractivity contribution in [3.63, 3.8) is 0 Å². The maximum atomic E-state index is 11.4. The van der Waals surface area contributed by atoms with Gasteiger partial charge in [-0.05, 0) is 98.7 Å². The molecule has 4 heterocycles. The molecule has 0 amide bonds. The molecule has 12 nitrogen and oxygen atoms in total. The van der Waals surface area contributed by atoms with Gasteiger partial charge >= 0.3 is 0 Å². The summed E-state index contributed by atoms with van der Waals surface area (Å²) in [5.41, 5.74) is 1.72. The van der Waals surface area contributed by atoms with Gasteiger partial charge in [-0.3, -0.25) is 0 Å². The highest BCUT2D eigenvalue weighted by Crippen LogP contribution is 2.70. The summed E-state index contributed by atoms with van der Waals surface area (Å²) >= 11 is 0. The largest absolute Gasteiger partial charge is 0.394 e. The first kappa shape index (κ1) is 37.2. The van der Waals surface area contributed by atoms with Crippen LogP contribution in [0.15, 0.2) is 11.6 Å². The lowest BCUT2D eigenvalue weighted by atomic mass is 9.47. The van der Waals surface area contributed by atoms with Crippen molar-refractivity contribution >= 4 is 0 Å². The molecule has 12 heteroatoms. The Bertz CT molecular complexity index is 1300. The Morgan fingerprint density at radius 2 is 1.59 bits per heavy atom. The maximum Gasteiger partial charge on any atom is 0.187 e. The number of aliphatic hydroxyl groups is 6. The predicted octanol–water partition coefficient (Wildman–Crippen LogP) is 2.39. The van der Waals surface area contributed by atoms with E-state index in [4.69, 9.17) is 28.4 Å². The van der Waals surface area contributed by atoms with Crippen molar-refractivity contribution in [2.75, 3.05) is 13.2 Å². The Labute approximate surface area is 301 Å². The smallest absolute Gasteiger partial charge is 0.187 e. The van der Waals surface area contributed by atoms with E-state index in [9.17, 15) is 30.6 Å². The second kappa shape index (κ2) is 13.5. The quantitative estimate of drug-likeness (QED) is 0.229. The molecule has 0 aromatic carbocycles. The van der Waals surface area contributed by atoms with Crippen LogP contribution in [0.1, 0.15) is 92.4 Å². The molecule has 0 aromatic rings. The highest BCUT2D eigenvalue weighted by molar-refractivity contribution is 5.26. The average Bonchev–Trinajstić information content (AvgIpc) is 3.56. The number of fused-ring (bicyclic) bond motifs is 7. The normalized spacial score (nSPS) is 58.4. The molecule has 21 atom stereocenters. The minimum atomic E-state index is -1.62. The molecule has 51 heavy (non-hydrogen) atoms. The Morgan fingerprint density at radius 3 is 2.31 bits per heavy atom. The van der Waals surface area contributed by atoms with Crippen LogP contribution in [0, 0.1) is 46.3 Å². The van der Waals surface area contributed by atoms with Crippen LogP contribution in [0.25, 0.3) is 0 Å². The van der Waals surface area contributed by atoms with E-state index in [1.54, 1.807) is 0 Å². The first-order valence-corrected chi connectivity index (χ1v) is 19.8. The zero-order valence-corrected chi connectivity index (χ0v) is 30.9. The van der Waals surface area contributed by atoms with E-state index in [-0.39, 0.29) is 23.0 Å². The monoisotopic (exact) mass is 722 g/mol. The maximum absolute atomic E-state index is 11.4. The van der Waals surface area contributed by atoms with Gasteiger partial charge in [0.1, 0.15) is 42.7 Å². The number of allylic oxidation sites excluding steroid dienone is 1. The lowest BCUT2D eigenvalue weighted by Gasteiger charge is -2.58. The summed E-state index contributed by atoms with van der Waals surface area (Å²) in [4.78, 5) is 0. The van der Waals surface area contributed by atoms with Gasteiger partial charge in [-0.15, -0.1) is 0 Å². The van der Waals surface area contributed by atoms with Gasteiger partial charge in [-0.1, -0.05) is 39.3 Å². The average molecular weight is 723 g/mol. The lowest BCUT2D eigenvalue weighted by Crippen LogP contribution is -2.64. The van der Waals surface area contributed by atoms with Crippen molar-refractivity contribution < 1.29 is 59.1 Å². The lowest BCUT2D eigenvalue weighted by molar-refractivity contribution is -0.361. The topological polar surface area (TPSA) is 177 Å². The van der Waals surface area contributed by atoms with Gasteiger partial charge in [0.15, 0.2) is 18.4 Å². The van der Waals surface area contributed by atoms with Crippen LogP contribution < -0.4 is 0 Å². The number of aliphatic hydroxyl groups excluding tert-OH is 6. The number of rotatable bonds is 5. The third-order valence-corrected chi connectivity index (χ3v) is 15.6. The van der Waals surface area contributed by atoms with Crippen molar-refractivity contribution in [1.29, 1.82) is 0 Å². The summed E-state index contributed by atoms with van der Waals surface area (Å²) in [6.07, 6.45) is -1.66. The van der Waals surface area contributed by atoms with E-state index in [0.717, 1.165) is 38.7 Å². The molecule has 0 radical (unpaired) electrons. The highest BCUT2D eigenvalue weighted by Gasteiger charge is 2.68. The molecule has 8 aliphatic rings. The van der Waals surface area contributed by atoms with E-state index in [0.29, 0.717) is 41.9 Å². The first-order chi connectivity index (χ1) is 24.2. The van der Waals surface area contributed by atoms with Crippen LogP contribution in [0.2, 0.25) is 0 Å². The van der Waals surface area contributed by atoms with E-state index < -0.39 is 73.8 Å². The standard InChI is InChI=1S/C39H62O12/c1-18-8-13-39(46-17-18)19(2)28-26(51-39)15-25-23-7-6-21-14-22(9-11-37(21,4)24(23)10-12-38(25,28)5)48-36-33(45)34(30(42)27(16-40)49-36)50-35-32(44)31(43)29(41)20(3)47-35/h6,18-20,22-36,40-45H,7-17H2,1-5H3/t18-,19-,20-,22-,23+,24-,25-,26-,27+,28-,29-,30+,31+,32+,33+,34-,35+,36+,37-,38-,39+/m0/s1. The Kier molecular flexibility index (Phi) is 9.83. The Morgan fingerprint density at radius 1 is 0.824 bits per heavy atom. The molecule has 4 aliphatic carbocycles. The third kappa shape index (κ3) is 5.84. The highest BCUT2D eigenvalue weighted by atomic mass is 16.7. The molecule has 6 N–H and O–H groups in total. The molecular weight excluding hydrogens is 660 g/mol. The van der Waals surface area contributed by atoms with Gasteiger partial charge < -0.3 is 59.1 Å². The fourth-order valence-electron chi connectivity index (χ4n) is 12.6. The van der Waals surface area contributed by atoms with Gasteiger partial charge in [0.25, 0.3) is 0 Å². The fourth-order valence-corrected chi connectivity index (χ4v) is 12.6. The summed E-state index contributed by atoms with van der Waals surface area (Å²) in [5.74, 6) is 2.96. The second-order valence-electron chi connectivity index (χ2n) is 18.3. The molecule has 4 saturated heterocycles. The van der Waals surface area contributed by atoms with Gasteiger partial charge in [0.2, 0.25) is 0 Å². The van der Waals surface area contributed by atoms with Crippen molar-refractivity contribution in [3.8, 4) is 0 Å². The summed E-state index contributed by atoms with van der Waals surface area (Å²) in [6, 6.07) is 0. The second-order valence-corrected chi connectivity index (χ2v) is 18.3. The zero-order chi connectivity index (χ0) is 36.2. The molecule has 0 unspecified atom stereocenters. The Balaban J connectivity index is 0.939. The molecule has 0 aromatic heterocycles. The minimum Gasteiger partial charge on any atom is -0.394 e. The molecular formula is C39H62O12. The Hall–Kier alpha value is -0.740. The summed E-state index contributed by atoms with van der Waals surface area (Å²) < 4.78 is 37.2. The molecule has 3 saturated carbocycles. The van der Waals surface area contributed by atoms with Crippen LogP contribution in [-0.2, 0) is 28.4 Å². The first-order valence-electron chi connectivity index (χ1n) is 19.8. The van der Waals surface area contributed by atoms with Gasteiger partial charge in [-0.25, -0.2) is 0 Å². The van der Waals surface area contributed by atoms with E-state index in [1.807, 2.05) is 0 Å². The predicted molar refractivity (Wildman–Crippen MR) is 182 cm³/mol. The van der Waals surface area contributed by atoms with E-state index in [2.05, 4.69) is 33.8 Å². The summed E-state index contributed by atoms with van der Waals surface area (Å²) in [6.45, 7) is 11.5. The SMILES string of the molecule is C[C@H]1CC[C@@]2(OC1)O[C@H]1C[C@H]3[C@@H]4CC=C5C[C@@H](O[C@@H]6O[C@H](CO)[C@@H](O)[C@H](O[C@H]7O[C@@H](C)[C@H](O)[C@@H](O)[C@H]7O)[C@H]6O)CC[C@]5(C)[C@H]4CC[C@]3(C)[C@H]1[C@@H]2C. The summed E-state index contributed by atoms with van der Waals surface area (Å²) in [5, 5.41) is 63.2. The number of hydrogen-bond donors (Lipinski definition) is 6.